The summed E-state index contributed by atoms with van der Waals surface area (Å²) in [6.07, 6.45) is 0. The van der Waals surface area contributed by atoms with Gasteiger partial charge in [0.05, 0.1) is 27.8 Å². The lowest BCUT2D eigenvalue weighted by Gasteiger charge is -2.15. The molecule has 0 saturated heterocycles. The van der Waals surface area contributed by atoms with Crippen molar-refractivity contribution >= 4 is 34.8 Å². The van der Waals surface area contributed by atoms with Gasteiger partial charge in [-0.25, -0.2) is 4.90 Å². The van der Waals surface area contributed by atoms with Gasteiger partial charge >= 0.3 is 0 Å². The number of carbonyl (C=O) groups excluding carboxylic acids is 2. The molecule has 0 bridgehead atoms. The summed E-state index contributed by atoms with van der Waals surface area (Å²) in [6, 6.07) is 24.3. The standard InChI is InChI=1S/C26H20N2O2S/c1-17-8-11-21(14-18(17)2)23-24(31-16-20-6-4-3-5-7-20)26(30)28(25(23)29)22-12-9-19(15-27)10-13-22/h3-14H,16H2,1-2H3. The summed E-state index contributed by atoms with van der Waals surface area (Å²) >= 11 is 1.38. The zero-order valence-corrected chi connectivity index (χ0v) is 18.1. The molecule has 0 spiro atoms. The van der Waals surface area contributed by atoms with Crippen LogP contribution < -0.4 is 4.90 Å². The van der Waals surface area contributed by atoms with Crippen LogP contribution in [0.3, 0.4) is 0 Å². The lowest BCUT2D eigenvalue weighted by molar-refractivity contribution is -0.119. The van der Waals surface area contributed by atoms with E-state index in [1.807, 2.05) is 62.4 Å². The van der Waals surface area contributed by atoms with Gasteiger partial charge in [0.25, 0.3) is 11.8 Å². The predicted octanol–water partition coefficient (Wildman–Crippen LogP) is 5.39. The minimum Gasteiger partial charge on any atom is -0.268 e. The van der Waals surface area contributed by atoms with E-state index in [4.69, 9.17) is 5.26 Å². The fourth-order valence-electron chi connectivity index (χ4n) is 3.44. The molecule has 4 nitrogen and oxygen atoms in total. The topological polar surface area (TPSA) is 61.2 Å². The van der Waals surface area contributed by atoms with Crippen molar-refractivity contribution in [2.45, 2.75) is 19.6 Å². The van der Waals surface area contributed by atoms with Gasteiger partial charge in [-0.05, 0) is 60.4 Å². The Bertz CT molecular complexity index is 1240. The lowest BCUT2D eigenvalue weighted by Crippen LogP contribution is -2.31. The van der Waals surface area contributed by atoms with Gasteiger partial charge in [0.2, 0.25) is 0 Å². The van der Waals surface area contributed by atoms with Gasteiger partial charge < -0.3 is 0 Å². The van der Waals surface area contributed by atoms with Crippen LogP contribution in [0.25, 0.3) is 5.57 Å². The molecule has 31 heavy (non-hydrogen) atoms. The number of aryl methyl sites for hydroxylation is 2. The second kappa shape index (κ2) is 8.63. The monoisotopic (exact) mass is 424 g/mol. The van der Waals surface area contributed by atoms with Crippen LogP contribution in [0.1, 0.15) is 27.8 Å². The number of nitriles is 1. The first-order valence-corrected chi connectivity index (χ1v) is 10.9. The van der Waals surface area contributed by atoms with Crippen molar-refractivity contribution in [3.63, 3.8) is 0 Å². The molecule has 0 atom stereocenters. The van der Waals surface area contributed by atoms with E-state index in [0.717, 1.165) is 22.3 Å². The van der Waals surface area contributed by atoms with Crippen LogP contribution in [0.15, 0.2) is 77.7 Å². The largest absolute Gasteiger partial charge is 0.272 e. The Morgan fingerprint density at radius 2 is 1.58 bits per heavy atom. The van der Waals surface area contributed by atoms with Gasteiger partial charge in [-0.1, -0.05) is 48.5 Å². The lowest BCUT2D eigenvalue weighted by atomic mass is 10.0. The number of hydrogen-bond acceptors (Lipinski definition) is 4. The van der Waals surface area contributed by atoms with Crippen molar-refractivity contribution in [2.75, 3.05) is 4.90 Å². The van der Waals surface area contributed by atoms with Gasteiger partial charge in [0, 0.05) is 5.75 Å². The average Bonchev–Trinajstić information content (AvgIpc) is 3.04. The van der Waals surface area contributed by atoms with Crippen LogP contribution in [0.4, 0.5) is 5.69 Å². The van der Waals surface area contributed by atoms with E-state index in [2.05, 4.69) is 6.07 Å². The SMILES string of the molecule is Cc1ccc(C2=C(SCc3ccccc3)C(=O)N(c3ccc(C#N)cc3)C2=O)cc1C. The Kier molecular flexibility index (Phi) is 5.75. The molecule has 0 unspecified atom stereocenters. The average molecular weight is 425 g/mol. The molecule has 1 aliphatic rings. The van der Waals surface area contributed by atoms with Gasteiger partial charge in [-0.3, -0.25) is 9.59 Å². The fourth-order valence-corrected chi connectivity index (χ4v) is 4.51. The summed E-state index contributed by atoms with van der Waals surface area (Å²) in [5.74, 6) is -0.0810. The van der Waals surface area contributed by atoms with E-state index < -0.39 is 0 Å². The van der Waals surface area contributed by atoms with Crippen LogP contribution in [0, 0.1) is 25.2 Å². The van der Waals surface area contributed by atoms with Crippen LogP contribution >= 0.6 is 11.8 Å². The van der Waals surface area contributed by atoms with E-state index >= 15 is 0 Å². The molecule has 0 N–H and O–H groups in total. The molecule has 0 aliphatic carbocycles. The van der Waals surface area contributed by atoms with Gasteiger partial charge in [0.15, 0.2) is 0 Å². The number of hydrogen-bond donors (Lipinski definition) is 0. The van der Waals surface area contributed by atoms with Gasteiger partial charge in [0.1, 0.15) is 0 Å². The fraction of sp³-hybridized carbons (Fsp3) is 0.115. The van der Waals surface area contributed by atoms with Crippen molar-refractivity contribution < 1.29 is 9.59 Å². The third kappa shape index (κ3) is 4.03. The molecule has 3 aromatic rings. The summed E-state index contributed by atoms with van der Waals surface area (Å²) in [4.78, 5) is 28.5. The third-order valence-electron chi connectivity index (χ3n) is 5.32. The third-order valence-corrected chi connectivity index (χ3v) is 6.46. The molecule has 0 aromatic heterocycles. The highest BCUT2D eigenvalue weighted by atomic mass is 32.2. The summed E-state index contributed by atoms with van der Waals surface area (Å²) in [7, 11) is 0. The Labute approximate surface area is 185 Å². The van der Waals surface area contributed by atoms with E-state index in [1.54, 1.807) is 24.3 Å². The molecule has 1 aliphatic heterocycles. The highest BCUT2D eigenvalue weighted by molar-refractivity contribution is 8.03. The van der Waals surface area contributed by atoms with Crippen molar-refractivity contribution in [3.05, 3.63) is 106 Å². The highest BCUT2D eigenvalue weighted by Gasteiger charge is 2.40. The van der Waals surface area contributed by atoms with E-state index in [0.29, 0.717) is 27.5 Å². The molecule has 1 heterocycles. The highest BCUT2D eigenvalue weighted by Crippen LogP contribution is 2.40. The first-order valence-electron chi connectivity index (χ1n) is 9.87. The Morgan fingerprint density at radius 1 is 0.871 bits per heavy atom. The molecule has 0 radical (unpaired) electrons. The maximum Gasteiger partial charge on any atom is 0.272 e. The summed E-state index contributed by atoms with van der Waals surface area (Å²) in [5.41, 5.74) is 5.38. The van der Waals surface area contributed by atoms with Crippen LogP contribution in [-0.2, 0) is 15.3 Å². The van der Waals surface area contributed by atoms with Crippen molar-refractivity contribution in [1.29, 1.82) is 5.26 Å². The first-order chi connectivity index (χ1) is 15.0. The summed E-state index contributed by atoms with van der Waals surface area (Å²) in [6.45, 7) is 4.01. The molecule has 0 fully saturated rings. The molecule has 0 saturated carbocycles. The van der Waals surface area contributed by atoms with Crippen molar-refractivity contribution in [3.8, 4) is 6.07 Å². The molecular formula is C26H20N2O2S. The Balaban J connectivity index is 1.76. The number of benzene rings is 3. The van der Waals surface area contributed by atoms with E-state index in [9.17, 15) is 9.59 Å². The number of carbonyl (C=O) groups is 2. The number of amides is 2. The van der Waals surface area contributed by atoms with Crippen LogP contribution in [0.5, 0.6) is 0 Å². The number of rotatable bonds is 5. The van der Waals surface area contributed by atoms with Crippen LogP contribution in [0.2, 0.25) is 0 Å². The summed E-state index contributed by atoms with van der Waals surface area (Å²) in [5, 5.41) is 9.05. The molecular weight excluding hydrogens is 404 g/mol. The number of nitrogens with zero attached hydrogens (tertiary/aromatic N) is 2. The molecule has 152 valence electrons. The number of imide groups is 1. The first kappa shape index (κ1) is 20.6. The predicted molar refractivity (Wildman–Crippen MR) is 124 cm³/mol. The Morgan fingerprint density at radius 3 is 2.23 bits per heavy atom. The summed E-state index contributed by atoms with van der Waals surface area (Å²) < 4.78 is 0. The minimum atomic E-state index is -0.339. The second-order valence-electron chi connectivity index (χ2n) is 7.38. The van der Waals surface area contributed by atoms with E-state index in [-0.39, 0.29) is 11.8 Å². The molecule has 3 aromatic carbocycles. The zero-order valence-electron chi connectivity index (χ0n) is 17.3. The maximum absolute atomic E-state index is 13.5. The number of anilines is 1. The van der Waals surface area contributed by atoms with Gasteiger partial charge in [-0.2, -0.15) is 5.26 Å². The maximum atomic E-state index is 13.5. The second-order valence-corrected chi connectivity index (χ2v) is 8.37. The van der Waals surface area contributed by atoms with Crippen molar-refractivity contribution in [2.24, 2.45) is 0 Å². The Hall–Kier alpha value is -3.62. The smallest absolute Gasteiger partial charge is 0.268 e. The molecule has 4 rings (SSSR count). The molecule has 5 heteroatoms. The quantitative estimate of drug-likeness (QED) is 0.515. The van der Waals surface area contributed by atoms with Crippen LogP contribution in [-0.4, -0.2) is 11.8 Å². The number of thioether (sulfide) groups is 1. The normalized spacial score (nSPS) is 13.6. The minimum absolute atomic E-state index is 0.330. The van der Waals surface area contributed by atoms with E-state index in [1.165, 1.54) is 16.7 Å². The molecule has 2 amide bonds. The zero-order chi connectivity index (χ0) is 22.0. The van der Waals surface area contributed by atoms with Gasteiger partial charge in [-0.15, -0.1) is 11.8 Å². The van der Waals surface area contributed by atoms with Crippen molar-refractivity contribution in [1.82, 2.24) is 0 Å².